The van der Waals surface area contributed by atoms with E-state index in [0.717, 1.165) is 6.07 Å². The fourth-order valence-electron chi connectivity index (χ4n) is 1.03. The summed E-state index contributed by atoms with van der Waals surface area (Å²) in [4.78, 5) is 9.82. The van der Waals surface area contributed by atoms with Gasteiger partial charge in [0.25, 0.3) is 5.69 Å². The number of nitrogens with zero attached hydrogens (tertiary/aromatic N) is 2. The number of halogens is 1. The largest absolute Gasteiger partial charge is 0.326 e. The topological polar surface area (TPSA) is 92.9 Å². The van der Waals surface area contributed by atoms with E-state index in [4.69, 9.17) is 22.6 Å². The lowest BCUT2D eigenvalue weighted by Crippen LogP contribution is -2.01. The van der Waals surface area contributed by atoms with E-state index in [1.54, 1.807) is 0 Å². The Bertz CT molecular complexity index is 425. The van der Waals surface area contributed by atoms with E-state index in [-0.39, 0.29) is 22.8 Å². The van der Waals surface area contributed by atoms with Crippen molar-refractivity contribution in [3.05, 3.63) is 38.4 Å². The Labute approximate surface area is 84.8 Å². The average Bonchev–Trinajstić information content (AvgIpc) is 2.16. The average molecular weight is 212 g/mol. The predicted octanol–water partition coefficient (Wildman–Crippen LogP) is 1.58. The first-order valence-corrected chi connectivity index (χ1v) is 4.05. The zero-order valence-corrected chi connectivity index (χ0v) is 7.78. The van der Waals surface area contributed by atoms with Gasteiger partial charge in [-0.1, -0.05) is 11.6 Å². The highest BCUT2D eigenvalue weighted by Gasteiger charge is 2.14. The third-order valence-electron chi connectivity index (χ3n) is 1.72. The van der Waals surface area contributed by atoms with Gasteiger partial charge >= 0.3 is 0 Å². The summed E-state index contributed by atoms with van der Waals surface area (Å²) in [5.74, 6) is 0. The highest BCUT2D eigenvalue weighted by Crippen LogP contribution is 2.25. The van der Waals surface area contributed by atoms with Crippen molar-refractivity contribution in [1.29, 1.82) is 5.26 Å². The minimum Gasteiger partial charge on any atom is -0.326 e. The summed E-state index contributed by atoms with van der Waals surface area (Å²) in [6.45, 7) is 0.0831. The SMILES string of the molecule is N#Cc1cc([N+](=O)[O-])cc(Cl)c1CN. The van der Waals surface area contributed by atoms with Gasteiger partial charge in [0, 0.05) is 24.2 Å². The third-order valence-corrected chi connectivity index (χ3v) is 2.05. The minimum absolute atomic E-state index is 0.0831. The summed E-state index contributed by atoms with van der Waals surface area (Å²) in [5.41, 5.74) is 5.72. The zero-order chi connectivity index (χ0) is 10.7. The molecule has 0 aliphatic carbocycles. The summed E-state index contributed by atoms with van der Waals surface area (Å²) in [6, 6.07) is 4.16. The van der Waals surface area contributed by atoms with Gasteiger partial charge in [-0.15, -0.1) is 0 Å². The smallest absolute Gasteiger partial charge is 0.272 e. The van der Waals surface area contributed by atoms with E-state index >= 15 is 0 Å². The summed E-state index contributed by atoms with van der Waals surface area (Å²) < 4.78 is 0. The normalized spacial score (nSPS) is 9.50. The van der Waals surface area contributed by atoms with Gasteiger partial charge in [-0.05, 0) is 0 Å². The number of nitrogens with two attached hydrogens (primary N) is 1. The van der Waals surface area contributed by atoms with Gasteiger partial charge in [-0.2, -0.15) is 5.26 Å². The molecule has 0 bridgehead atoms. The monoisotopic (exact) mass is 211 g/mol. The predicted molar refractivity (Wildman–Crippen MR) is 50.7 cm³/mol. The van der Waals surface area contributed by atoms with E-state index in [2.05, 4.69) is 0 Å². The van der Waals surface area contributed by atoms with Gasteiger partial charge in [-0.25, -0.2) is 0 Å². The van der Waals surface area contributed by atoms with Gasteiger partial charge in [0.05, 0.1) is 21.6 Å². The molecule has 0 saturated heterocycles. The Balaban J connectivity index is 3.41. The van der Waals surface area contributed by atoms with Crippen LogP contribution >= 0.6 is 11.6 Å². The number of nitro groups is 1. The number of non-ortho nitro benzene ring substituents is 1. The summed E-state index contributed by atoms with van der Waals surface area (Å²) >= 11 is 5.72. The Morgan fingerprint density at radius 1 is 1.64 bits per heavy atom. The molecule has 0 spiro atoms. The molecule has 1 aromatic carbocycles. The standard InChI is InChI=1S/C8H6ClN3O2/c9-8-2-6(12(13)14)1-5(3-10)7(8)4-11/h1-2H,4,11H2. The highest BCUT2D eigenvalue weighted by molar-refractivity contribution is 6.31. The number of rotatable bonds is 2. The zero-order valence-electron chi connectivity index (χ0n) is 7.03. The molecular weight excluding hydrogens is 206 g/mol. The molecule has 6 heteroatoms. The Kier molecular flexibility index (Phi) is 3.02. The van der Waals surface area contributed by atoms with Crippen LogP contribution in [0.15, 0.2) is 12.1 Å². The summed E-state index contributed by atoms with van der Waals surface area (Å²) in [5, 5.41) is 19.3. The molecule has 72 valence electrons. The lowest BCUT2D eigenvalue weighted by Gasteiger charge is -2.02. The van der Waals surface area contributed by atoms with Crippen molar-refractivity contribution in [3.63, 3.8) is 0 Å². The Morgan fingerprint density at radius 2 is 2.29 bits per heavy atom. The van der Waals surface area contributed by atoms with E-state index in [0.29, 0.717) is 5.56 Å². The molecular formula is C8H6ClN3O2. The maximum Gasteiger partial charge on any atom is 0.272 e. The molecule has 0 heterocycles. The molecule has 0 atom stereocenters. The molecule has 1 aromatic rings. The first-order chi connectivity index (χ1) is 6.60. The quantitative estimate of drug-likeness (QED) is 0.594. The van der Waals surface area contributed by atoms with Gasteiger partial charge in [0.15, 0.2) is 0 Å². The van der Waals surface area contributed by atoms with Crippen molar-refractivity contribution in [1.82, 2.24) is 0 Å². The number of nitriles is 1. The molecule has 0 unspecified atom stereocenters. The molecule has 0 fully saturated rings. The molecule has 0 amide bonds. The van der Waals surface area contributed by atoms with Crippen LogP contribution in [-0.2, 0) is 6.54 Å². The molecule has 1 rings (SSSR count). The van der Waals surface area contributed by atoms with E-state index in [1.807, 2.05) is 6.07 Å². The minimum atomic E-state index is -0.604. The Hall–Kier alpha value is -1.64. The van der Waals surface area contributed by atoms with Crippen LogP contribution < -0.4 is 5.73 Å². The summed E-state index contributed by atoms with van der Waals surface area (Å²) in [7, 11) is 0. The van der Waals surface area contributed by atoms with Crippen LogP contribution in [0.2, 0.25) is 5.02 Å². The van der Waals surface area contributed by atoms with E-state index in [9.17, 15) is 10.1 Å². The van der Waals surface area contributed by atoms with Gasteiger partial charge < -0.3 is 5.73 Å². The van der Waals surface area contributed by atoms with Crippen molar-refractivity contribution in [2.75, 3.05) is 0 Å². The van der Waals surface area contributed by atoms with Crippen LogP contribution in [0.25, 0.3) is 0 Å². The molecule has 14 heavy (non-hydrogen) atoms. The fourth-order valence-corrected chi connectivity index (χ4v) is 1.33. The van der Waals surface area contributed by atoms with Gasteiger partial charge in [0.2, 0.25) is 0 Å². The van der Waals surface area contributed by atoms with Crippen LogP contribution in [-0.4, -0.2) is 4.92 Å². The lowest BCUT2D eigenvalue weighted by molar-refractivity contribution is -0.384. The first-order valence-electron chi connectivity index (χ1n) is 3.67. The second-order valence-corrected chi connectivity index (χ2v) is 2.93. The van der Waals surface area contributed by atoms with Crippen molar-refractivity contribution in [2.24, 2.45) is 5.73 Å². The molecule has 5 nitrogen and oxygen atoms in total. The molecule has 0 aromatic heterocycles. The molecule has 0 saturated carbocycles. The lowest BCUT2D eigenvalue weighted by atomic mass is 10.1. The second kappa shape index (κ2) is 4.05. The number of nitro benzene ring substituents is 1. The number of hydrogen-bond donors (Lipinski definition) is 1. The maximum absolute atomic E-state index is 10.4. The highest BCUT2D eigenvalue weighted by atomic mass is 35.5. The second-order valence-electron chi connectivity index (χ2n) is 2.53. The summed E-state index contributed by atoms with van der Waals surface area (Å²) in [6.07, 6.45) is 0. The molecule has 0 radical (unpaired) electrons. The molecule has 0 aliphatic heterocycles. The van der Waals surface area contributed by atoms with Crippen molar-refractivity contribution in [2.45, 2.75) is 6.54 Å². The van der Waals surface area contributed by atoms with Crippen molar-refractivity contribution < 1.29 is 4.92 Å². The van der Waals surface area contributed by atoms with Crippen molar-refractivity contribution >= 4 is 17.3 Å². The maximum atomic E-state index is 10.4. The number of benzene rings is 1. The molecule has 0 aliphatic rings. The van der Waals surface area contributed by atoms with Gasteiger partial charge in [-0.3, -0.25) is 10.1 Å². The molecule has 2 N–H and O–H groups in total. The van der Waals surface area contributed by atoms with Crippen LogP contribution in [0.1, 0.15) is 11.1 Å². The van der Waals surface area contributed by atoms with Crippen LogP contribution in [0.3, 0.4) is 0 Å². The van der Waals surface area contributed by atoms with E-state index in [1.165, 1.54) is 6.07 Å². The Morgan fingerprint density at radius 3 is 2.71 bits per heavy atom. The number of hydrogen-bond acceptors (Lipinski definition) is 4. The fraction of sp³-hybridized carbons (Fsp3) is 0.125. The third kappa shape index (κ3) is 1.82. The van der Waals surface area contributed by atoms with Crippen molar-refractivity contribution in [3.8, 4) is 6.07 Å². The van der Waals surface area contributed by atoms with Crippen LogP contribution in [0.5, 0.6) is 0 Å². The first kappa shape index (κ1) is 10.4. The van der Waals surface area contributed by atoms with E-state index < -0.39 is 4.92 Å². The van der Waals surface area contributed by atoms with Crippen LogP contribution in [0.4, 0.5) is 5.69 Å². The van der Waals surface area contributed by atoms with Gasteiger partial charge in [0.1, 0.15) is 0 Å². The van der Waals surface area contributed by atoms with Crippen LogP contribution in [0, 0.1) is 21.4 Å².